The van der Waals surface area contributed by atoms with Gasteiger partial charge >= 0.3 is 0 Å². The van der Waals surface area contributed by atoms with E-state index in [1.807, 2.05) is 61.0 Å². The Labute approximate surface area is 166 Å². The molecule has 0 aliphatic heterocycles. The molecule has 0 spiro atoms. The maximum Gasteiger partial charge on any atom is 0.255 e. The molecule has 1 amide bonds. The number of anilines is 1. The van der Waals surface area contributed by atoms with Crippen LogP contribution in [-0.2, 0) is 0 Å². The van der Waals surface area contributed by atoms with Gasteiger partial charge in [-0.2, -0.15) is 5.10 Å². The largest absolute Gasteiger partial charge is 0.494 e. The van der Waals surface area contributed by atoms with Crippen molar-refractivity contribution in [3.8, 4) is 11.4 Å². The molecular formula is C23H27N3O2. The van der Waals surface area contributed by atoms with E-state index >= 15 is 0 Å². The number of nitrogens with zero attached hydrogens (tertiary/aromatic N) is 2. The number of amides is 1. The number of benzene rings is 2. The lowest BCUT2D eigenvalue weighted by Gasteiger charge is -2.09. The number of nitrogens with one attached hydrogen (secondary N) is 1. The molecule has 0 radical (unpaired) electrons. The van der Waals surface area contributed by atoms with Gasteiger partial charge in [0.1, 0.15) is 5.75 Å². The number of ether oxygens (including phenoxy) is 1. The summed E-state index contributed by atoms with van der Waals surface area (Å²) in [6, 6.07) is 17.1. The number of rotatable bonds is 7. The van der Waals surface area contributed by atoms with Gasteiger partial charge < -0.3 is 10.1 Å². The number of carbonyl (C=O) groups is 1. The van der Waals surface area contributed by atoms with Crippen molar-refractivity contribution in [2.45, 2.75) is 34.1 Å². The smallest absolute Gasteiger partial charge is 0.255 e. The average molecular weight is 377 g/mol. The maximum atomic E-state index is 12.7. The topological polar surface area (TPSA) is 56.2 Å². The summed E-state index contributed by atoms with van der Waals surface area (Å²) in [4.78, 5) is 12.7. The van der Waals surface area contributed by atoms with Crippen LogP contribution in [0.15, 0.2) is 54.6 Å². The molecule has 3 rings (SSSR count). The molecular weight excluding hydrogens is 350 g/mol. The number of hydrogen-bond donors (Lipinski definition) is 1. The lowest BCUT2D eigenvalue weighted by molar-refractivity contribution is 0.102. The van der Waals surface area contributed by atoms with E-state index < -0.39 is 0 Å². The first kappa shape index (κ1) is 19.7. The van der Waals surface area contributed by atoms with Gasteiger partial charge in [0.25, 0.3) is 5.91 Å². The van der Waals surface area contributed by atoms with Crippen molar-refractivity contribution in [3.63, 3.8) is 0 Å². The predicted octanol–water partition coefficient (Wildman–Crippen LogP) is 5.17. The highest BCUT2D eigenvalue weighted by Crippen LogP contribution is 2.24. The van der Waals surface area contributed by atoms with E-state index in [0.29, 0.717) is 18.1 Å². The fourth-order valence-electron chi connectivity index (χ4n) is 2.94. The zero-order valence-electron chi connectivity index (χ0n) is 16.9. The van der Waals surface area contributed by atoms with Gasteiger partial charge in [0.2, 0.25) is 0 Å². The Bertz CT molecular complexity index is 928. The molecule has 0 saturated carbocycles. The third-order valence-electron chi connectivity index (χ3n) is 4.61. The minimum atomic E-state index is -0.160. The Kier molecular flexibility index (Phi) is 6.14. The molecule has 0 atom stereocenters. The Hall–Kier alpha value is -3.08. The van der Waals surface area contributed by atoms with Gasteiger partial charge in [-0.15, -0.1) is 0 Å². The predicted molar refractivity (Wildman–Crippen MR) is 112 cm³/mol. The molecule has 1 heterocycles. The SMILES string of the molecule is Cc1nn(-c2ccccc2)c(C)c1NC(=O)c1ccc(OCCC(C)C)cc1. The highest BCUT2D eigenvalue weighted by atomic mass is 16.5. The van der Waals surface area contributed by atoms with Crippen molar-refractivity contribution in [3.05, 3.63) is 71.5 Å². The van der Waals surface area contributed by atoms with E-state index in [0.717, 1.165) is 34.9 Å². The number of carbonyl (C=O) groups excluding carboxylic acids is 1. The lowest BCUT2D eigenvalue weighted by Crippen LogP contribution is -2.13. The van der Waals surface area contributed by atoms with Crippen molar-refractivity contribution in [1.82, 2.24) is 9.78 Å². The molecule has 28 heavy (non-hydrogen) atoms. The summed E-state index contributed by atoms with van der Waals surface area (Å²) in [5, 5.41) is 7.57. The van der Waals surface area contributed by atoms with Gasteiger partial charge in [-0.3, -0.25) is 4.79 Å². The normalized spacial score (nSPS) is 10.9. The summed E-state index contributed by atoms with van der Waals surface area (Å²) in [6.07, 6.45) is 1.01. The zero-order chi connectivity index (χ0) is 20.1. The summed E-state index contributed by atoms with van der Waals surface area (Å²) >= 11 is 0. The van der Waals surface area contributed by atoms with E-state index in [-0.39, 0.29) is 5.91 Å². The second-order valence-electron chi connectivity index (χ2n) is 7.30. The van der Waals surface area contributed by atoms with Crippen molar-refractivity contribution in [2.75, 3.05) is 11.9 Å². The summed E-state index contributed by atoms with van der Waals surface area (Å²) in [5.74, 6) is 1.22. The molecule has 146 valence electrons. The molecule has 3 aromatic rings. The molecule has 5 heteroatoms. The molecule has 0 fully saturated rings. The quantitative estimate of drug-likeness (QED) is 0.618. The molecule has 1 N–H and O–H groups in total. The molecule has 0 aliphatic carbocycles. The number of aromatic nitrogens is 2. The van der Waals surface area contributed by atoms with Crippen molar-refractivity contribution < 1.29 is 9.53 Å². The van der Waals surface area contributed by atoms with Crippen LogP contribution in [0.2, 0.25) is 0 Å². The van der Waals surface area contributed by atoms with Crippen LogP contribution >= 0.6 is 0 Å². The third kappa shape index (κ3) is 4.60. The van der Waals surface area contributed by atoms with Crippen molar-refractivity contribution in [1.29, 1.82) is 0 Å². The highest BCUT2D eigenvalue weighted by molar-refractivity contribution is 6.05. The van der Waals surface area contributed by atoms with E-state index in [1.54, 1.807) is 12.1 Å². The number of para-hydroxylation sites is 1. The lowest BCUT2D eigenvalue weighted by atomic mass is 10.1. The van der Waals surface area contributed by atoms with E-state index in [4.69, 9.17) is 4.74 Å². The monoisotopic (exact) mass is 377 g/mol. The second kappa shape index (κ2) is 8.74. The molecule has 0 aliphatic rings. The van der Waals surface area contributed by atoms with E-state index in [2.05, 4.69) is 24.3 Å². The Morgan fingerprint density at radius 3 is 2.39 bits per heavy atom. The van der Waals surface area contributed by atoms with Crippen LogP contribution in [0.4, 0.5) is 5.69 Å². The van der Waals surface area contributed by atoms with Crippen LogP contribution < -0.4 is 10.1 Å². The summed E-state index contributed by atoms with van der Waals surface area (Å²) in [7, 11) is 0. The average Bonchev–Trinajstić information content (AvgIpc) is 2.97. The first-order chi connectivity index (χ1) is 13.5. The van der Waals surface area contributed by atoms with Crippen LogP contribution in [-0.4, -0.2) is 22.3 Å². The Morgan fingerprint density at radius 1 is 1.07 bits per heavy atom. The van der Waals surface area contributed by atoms with Gasteiger partial charge in [0.05, 0.1) is 29.4 Å². The fourth-order valence-corrected chi connectivity index (χ4v) is 2.94. The van der Waals surface area contributed by atoms with Crippen LogP contribution in [0.5, 0.6) is 5.75 Å². The summed E-state index contributed by atoms with van der Waals surface area (Å²) in [6.45, 7) is 8.86. The van der Waals surface area contributed by atoms with Crippen LogP contribution in [0, 0.1) is 19.8 Å². The third-order valence-corrected chi connectivity index (χ3v) is 4.61. The Balaban J connectivity index is 1.70. The standard InChI is InChI=1S/C23H27N3O2/c1-16(2)14-15-28-21-12-10-19(11-13-21)23(27)24-22-17(3)25-26(18(22)4)20-8-6-5-7-9-20/h5-13,16H,14-15H2,1-4H3,(H,24,27). The Morgan fingerprint density at radius 2 is 1.75 bits per heavy atom. The molecule has 0 unspecified atom stereocenters. The van der Waals surface area contributed by atoms with Gasteiger partial charge in [-0.05, 0) is 62.6 Å². The van der Waals surface area contributed by atoms with Gasteiger partial charge in [-0.1, -0.05) is 32.0 Å². The van der Waals surface area contributed by atoms with Gasteiger partial charge in [-0.25, -0.2) is 4.68 Å². The number of hydrogen-bond acceptors (Lipinski definition) is 3. The van der Waals surface area contributed by atoms with Crippen molar-refractivity contribution in [2.24, 2.45) is 5.92 Å². The van der Waals surface area contributed by atoms with Crippen LogP contribution in [0.1, 0.15) is 42.0 Å². The van der Waals surface area contributed by atoms with Gasteiger partial charge in [0.15, 0.2) is 0 Å². The van der Waals surface area contributed by atoms with Crippen LogP contribution in [0.3, 0.4) is 0 Å². The maximum absolute atomic E-state index is 12.7. The van der Waals surface area contributed by atoms with E-state index in [9.17, 15) is 4.79 Å². The summed E-state index contributed by atoms with van der Waals surface area (Å²) < 4.78 is 7.56. The molecule has 0 saturated heterocycles. The zero-order valence-corrected chi connectivity index (χ0v) is 16.9. The minimum Gasteiger partial charge on any atom is -0.494 e. The number of aryl methyl sites for hydroxylation is 1. The summed E-state index contributed by atoms with van der Waals surface area (Å²) in [5.41, 5.74) is 3.97. The first-order valence-electron chi connectivity index (χ1n) is 9.61. The fraction of sp³-hybridized carbons (Fsp3) is 0.304. The first-order valence-corrected chi connectivity index (χ1v) is 9.61. The van der Waals surface area contributed by atoms with Crippen molar-refractivity contribution >= 4 is 11.6 Å². The van der Waals surface area contributed by atoms with Gasteiger partial charge in [0, 0.05) is 5.56 Å². The van der Waals surface area contributed by atoms with E-state index in [1.165, 1.54) is 0 Å². The minimum absolute atomic E-state index is 0.160. The van der Waals surface area contributed by atoms with Crippen LogP contribution in [0.25, 0.3) is 5.69 Å². The highest BCUT2D eigenvalue weighted by Gasteiger charge is 2.16. The second-order valence-corrected chi connectivity index (χ2v) is 7.30. The molecule has 1 aromatic heterocycles. The molecule has 2 aromatic carbocycles. The molecule has 0 bridgehead atoms. The molecule has 5 nitrogen and oxygen atoms in total.